The number of benzene rings is 3. The number of aliphatic carboxylic acids is 1. The van der Waals surface area contributed by atoms with Crippen molar-refractivity contribution in [3.63, 3.8) is 0 Å². The minimum atomic E-state index is -1.14. The number of ether oxygens (including phenoxy) is 6. The molecule has 1 aliphatic heterocycles. The maximum absolute atomic E-state index is 12.6. The van der Waals surface area contributed by atoms with Gasteiger partial charge in [-0.25, -0.2) is 9.59 Å². The summed E-state index contributed by atoms with van der Waals surface area (Å²) < 4.78 is 34.3. The molecule has 238 valence electrons. The van der Waals surface area contributed by atoms with Crippen LogP contribution >= 0.6 is 0 Å². The van der Waals surface area contributed by atoms with E-state index < -0.39 is 11.9 Å². The number of pyridine rings is 1. The van der Waals surface area contributed by atoms with Crippen LogP contribution in [-0.4, -0.2) is 54.8 Å². The van der Waals surface area contributed by atoms with Gasteiger partial charge in [0.25, 0.3) is 0 Å². The lowest BCUT2D eigenvalue weighted by Crippen LogP contribution is -2.07. The Bertz CT molecular complexity index is 1780. The first-order valence-corrected chi connectivity index (χ1v) is 14.5. The van der Waals surface area contributed by atoms with Gasteiger partial charge in [-0.15, -0.1) is 0 Å². The van der Waals surface area contributed by atoms with Crippen molar-refractivity contribution in [3.8, 4) is 45.6 Å². The highest BCUT2D eigenvalue weighted by atomic mass is 16.7. The number of aromatic nitrogens is 1. The van der Waals surface area contributed by atoms with Gasteiger partial charge in [0.15, 0.2) is 11.5 Å². The number of hydrogen-bond acceptors (Lipinski definition) is 9. The molecule has 0 fully saturated rings. The van der Waals surface area contributed by atoms with Gasteiger partial charge in [0.1, 0.15) is 29.6 Å². The largest absolute Gasteiger partial charge is 0.497 e. The number of nitrogens with zero attached hydrogens (tertiary/aromatic N) is 1. The zero-order chi connectivity index (χ0) is 32.6. The highest BCUT2D eigenvalue weighted by molar-refractivity contribution is 5.95. The second kappa shape index (κ2) is 14.4. The number of aromatic carboxylic acids is 1. The molecule has 0 atom stereocenters. The van der Waals surface area contributed by atoms with Crippen LogP contribution in [0.2, 0.25) is 0 Å². The fourth-order valence-corrected chi connectivity index (χ4v) is 5.02. The maximum Gasteiger partial charge on any atom is 0.336 e. The Labute approximate surface area is 265 Å². The van der Waals surface area contributed by atoms with Crippen LogP contribution < -0.4 is 28.4 Å². The van der Waals surface area contributed by atoms with E-state index in [4.69, 9.17) is 28.4 Å². The zero-order valence-corrected chi connectivity index (χ0v) is 25.6. The lowest BCUT2D eigenvalue weighted by molar-refractivity contribution is -0.132. The summed E-state index contributed by atoms with van der Waals surface area (Å²) >= 11 is 0. The smallest absolute Gasteiger partial charge is 0.336 e. The fourth-order valence-electron chi connectivity index (χ4n) is 5.02. The Kier molecular flexibility index (Phi) is 9.91. The lowest BCUT2D eigenvalue weighted by atomic mass is 9.95. The molecule has 3 aromatic carbocycles. The van der Waals surface area contributed by atoms with Crippen LogP contribution in [0.1, 0.15) is 40.4 Å². The van der Waals surface area contributed by atoms with Gasteiger partial charge in [-0.2, -0.15) is 0 Å². The topological polar surface area (TPSA) is 143 Å². The Morgan fingerprint density at radius 1 is 0.891 bits per heavy atom. The van der Waals surface area contributed by atoms with Gasteiger partial charge < -0.3 is 38.6 Å². The third-order valence-corrected chi connectivity index (χ3v) is 7.25. The number of methoxy groups -OCH3 is 2. The summed E-state index contributed by atoms with van der Waals surface area (Å²) in [5.41, 5.74) is 2.83. The van der Waals surface area contributed by atoms with Gasteiger partial charge >= 0.3 is 11.9 Å². The van der Waals surface area contributed by atoms with Gasteiger partial charge in [-0.1, -0.05) is 25.1 Å². The summed E-state index contributed by atoms with van der Waals surface area (Å²) in [5.74, 6) is 0.576. The van der Waals surface area contributed by atoms with Crippen molar-refractivity contribution in [3.05, 3.63) is 94.8 Å². The first-order chi connectivity index (χ1) is 22.3. The molecule has 1 aliphatic rings. The van der Waals surface area contributed by atoms with E-state index in [2.05, 4.69) is 4.98 Å². The molecule has 5 rings (SSSR count). The van der Waals surface area contributed by atoms with E-state index in [1.165, 1.54) is 20.3 Å². The third kappa shape index (κ3) is 6.99. The van der Waals surface area contributed by atoms with E-state index in [9.17, 15) is 19.8 Å². The number of fused-ring (bicyclic) bond motifs is 1. The number of hydrogen-bond donors (Lipinski definition) is 2. The van der Waals surface area contributed by atoms with Crippen molar-refractivity contribution in [1.29, 1.82) is 0 Å². The molecule has 0 unspecified atom stereocenters. The van der Waals surface area contributed by atoms with Gasteiger partial charge in [0.2, 0.25) is 6.79 Å². The van der Waals surface area contributed by atoms with E-state index in [1.807, 2.05) is 6.92 Å². The molecule has 0 spiro atoms. The van der Waals surface area contributed by atoms with E-state index in [0.717, 1.165) is 6.42 Å². The molecule has 11 heteroatoms. The van der Waals surface area contributed by atoms with Crippen LogP contribution in [0.3, 0.4) is 0 Å². The molecule has 0 bridgehead atoms. The average Bonchev–Trinajstić information content (AvgIpc) is 3.53. The average molecular weight is 628 g/mol. The molecule has 2 N–H and O–H groups in total. The molecule has 2 heterocycles. The Morgan fingerprint density at radius 2 is 1.67 bits per heavy atom. The van der Waals surface area contributed by atoms with Crippen LogP contribution in [-0.2, 0) is 17.8 Å². The third-order valence-electron chi connectivity index (χ3n) is 7.25. The van der Waals surface area contributed by atoms with Crippen LogP contribution in [0, 0.1) is 0 Å². The van der Waals surface area contributed by atoms with Gasteiger partial charge in [-0.3, -0.25) is 4.98 Å². The molecule has 0 radical (unpaired) electrons. The summed E-state index contributed by atoms with van der Waals surface area (Å²) in [6.45, 7) is 2.38. The van der Waals surface area contributed by atoms with Crippen molar-refractivity contribution in [2.24, 2.45) is 0 Å². The summed E-state index contributed by atoms with van der Waals surface area (Å²) in [5, 5.41) is 20.0. The Morgan fingerprint density at radius 3 is 2.39 bits per heavy atom. The zero-order valence-electron chi connectivity index (χ0n) is 25.6. The molecule has 11 nitrogen and oxygen atoms in total. The van der Waals surface area contributed by atoms with Crippen molar-refractivity contribution < 1.29 is 48.2 Å². The van der Waals surface area contributed by atoms with Crippen LogP contribution in [0.25, 0.3) is 17.2 Å². The Hall–Kier alpha value is -5.71. The molecule has 0 amide bonds. The minimum absolute atomic E-state index is 0.00652. The van der Waals surface area contributed by atoms with Crippen molar-refractivity contribution in [2.75, 3.05) is 27.6 Å². The van der Waals surface area contributed by atoms with Crippen LogP contribution in [0.4, 0.5) is 0 Å². The molecule has 46 heavy (non-hydrogen) atoms. The monoisotopic (exact) mass is 627 g/mol. The molecule has 0 aliphatic carbocycles. The number of carboxylic acid groups (broad SMARTS) is 2. The molecule has 0 saturated carbocycles. The molecule has 1 aromatic heterocycles. The molecular weight excluding hydrogens is 594 g/mol. The first kappa shape index (κ1) is 31.7. The summed E-state index contributed by atoms with van der Waals surface area (Å²) in [6, 6.07) is 15.2. The normalized spacial score (nSPS) is 12.0. The van der Waals surface area contributed by atoms with Crippen LogP contribution in [0.15, 0.2) is 72.6 Å². The standard InChI is InChI=1S/C35H33NO10/c1-4-11-43-32-18-36-17-24(13-23(34(37)38)12-22-14-30-31(46-20-45-30)16-28(22)42-3)33(32)27-10-9-25(41-2)15-29(27)44-19-21-7-5-6-8-26(21)35(39)40/h5-10,13-18H,4,11-12,19-20H2,1-3H3,(H,37,38)(H,39,40)/b23-13+. The van der Waals surface area contributed by atoms with E-state index in [0.29, 0.717) is 68.9 Å². The summed E-state index contributed by atoms with van der Waals surface area (Å²) in [7, 11) is 3.03. The van der Waals surface area contributed by atoms with E-state index in [-0.39, 0.29) is 31.0 Å². The minimum Gasteiger partial charge on any atom is -0.497 e. The lowest BCUT2D eigenvalue weighted by Gasteiger charge is -2.19. The number of carbonyl (C=O) groups is 2. The summed E-state index contributed by atoms with van der Waals surface area (Å²) in [6.07, 6.45) is 5.40. The van der Waals surface area contributed by atoms with Crippen molar-refractivity contribution >= 4 is 18.0 Å². The second-order valence-electron chi connectivity index (χ2n) is 10.2. The summed E-state index contributed by atoms with van der Waals surface area (Å²) in [4.78, 5) is 28.8. The first-order valence-electron chi connectivity index (χ1n) is 14.5. The molecule has 4 aromatic rings. The number of rotatable bonds is 14. The van der Waals surface area contributed by atoms with Gasteiger partial charge in [-0.05, 0) is 36.8 Å². The van der Waals surface area contributed by atoms with Crippen molar-refractivity contribution in [1.82, 2.24) is 4.98 Å². The quantitative estimate of drug-likeness (QED) is 0.153. The Balaban J connectivity index is 1.61. The van der Waals surface area contributed by atoms with Gasteiger partial charge in [0.05, 0.1) is 32.6 Å². The molecule has 0 saturated heterocycles. The van der Waals surface area contributed by atoms with Crippen molar-refractivity contribution in [2.45, 2.75) is 26.4 Å². The van der Waals surface area contributed by atoms with Crippen LogP contribution in [0.5, 0.6) is 34.5 Å². The number of carboxylic acids is 2. The highest BCUT2D eigenvalue weighted by Crippen LogP contribution is 2.43. The molecular formula is C35H33NO10. The highest BCUT2D eigenvalue weighted by Gasteiger charge is 2.23. The predicted octanol–water partition coefficient (Wildman–Crippen LogP) is 6.27. The van der Waals surface area contributed by atoms with Gasteiger partial charge in [0, 0.05) is 58.1 Å². The SMILES string of the molecule is CCCOc1cncc(/C=C(\Cc2cc3c(cc2OC)OCO3)C(=O)O)c1-c1ccc(OC)cc1OCc1ccccc1C(=O)O. The predicted molar refractivity (Wildman–Crippen MR) is 168 cm³/mol. The second-order valence-corrected chi connectivity index (χ2v) is 10.2. The van der Waals surface area contributed by atoms with E-state index in [1.54, 1.807) is 67.0 Å². The maximum atomic E-state index is 12.6. The van der Waals surface area contributed by atoms with E-state index >= 15 is 0 Å². The fraction of sp³-hybridized carbons (Fsp3) is 0.229.